The molecule has 0 radical (unpaired) electrons. The van der Waals surface area contributed by atoms with E-state index >= 15 is 0 Å². The maximum absolute atomic E-state index is 6.56. The van der Waals surface area contributed by atoms with Gasteiger partial charge in [0.05, 0.1) is 39.0 Å². The largest absolute Gasteiger partial charge is 0.494 e. The van der Waals surface area contributed by atoms with E-state index in [0.717, 1.165) is 39.0 Å². The summed E-state index contributed by atoms with van der Waals surface area (Å²) in [5.74, 6) is 0. The highest BCUT2D eigenvalue weighted by atomic mass is 16.7. The van der Waals surface area contributed by atoms with Gasteiger partial charge >= 0.3 is 7.12 Å². The molecule has 1 aliphatic heterocycles. The van der Waals surface area contributed by atoms with Crippen LogP contribution in [0, 0.1) is 0 Å². The quantitative estimate of drug-likeness (QED) is 0.186. The number of benzene rings is 6. The minimum absolute atomic E-state index is 0.431. The van der Waals surface area contributed by atoms with Gasteiger partial charge in [-0.05, 0) is 75.1 Å². The lowest BCUT2D eigenvalue weighted by atomic mass is 9.78. The van der Waals surface area contributed by atoms with Crippen LogP contribution in [0.25, 0.3) is 66.1 Å². The fourth-order valence-corrected chi connectivity index (χ4v) is 7.28. The molecule has 1 fully saturated rings. The Labute approximate surface area is 274 Å². The van der Waals surface area contributed by atoms with Gasteiger partial charge in [-0.1, -0.05) is 103 Å². The number of nitrogens with zero attached hydrogens (tertiary/aromatic N) is 2. The smallest absolute Gasteiger partial charge is 0.399 e. The summed E-state index contributed by atoms with van der Waals surface area (Å²) in [6, 6.07) is 50.3. The summed E-state index contributed by atoms with van der Waals surface area (Å²) >= 11 is 0. The average Bonchev–Trinajstić information content (AvgIpc) is 3.68. The predicted molar refractivity (Wildman–Crippen MR) is 196 cm³/mol. The van der Waals surface area contributed by atoms with E-state index < -0.39 is 18.3 Å². The van der Waals surface area contributed by atoms with Crippen LogP contribution in [0.4, 0.5) is 0 Å². The first kappa shape index (κ1) is 28.2. The summed E-state index contributed by atoms with van der Waals surface area (Å²) in [6.07, 6.45) is 0. The zero-order valence-electron chi connectivity index (χ0n) is 27.1. The standard InChI is InChI=1S/C42H35BN2O2/c1-41(2)42(3,4)47-43(46-41)29-22-24-31(28-14-6-5-7-15-28)39(26-29)45-38-21-13-10-18-34(38)35-25-23-30(27-40(35)45)44-36-19-11-8-16-32(36)33-17-9-12-20-37(33)44/h5-27H,1-4H3. The van der Waals surface area contributed by atoms with Crippen molar-refractivity contribution >= 4 is 56.2 Å². The molecule has 2 aromatic heterocycles. The summed E-state index contributed by atoms with van der Waals surface area (Å²) in [5, 5.41) is 4.94. The van der Waals surface area contributed by atoms with E-state index in [4.69, 9.17) is 9.31 Å². The topological polar surface area (TPSA) is 28.3 Å². The molecule has 228 valence electrons. The van der Waals surface area contributed by atoms with E-state index in [1.165, 1.54) is 32.6 Å². The lowest BCUT2D eigenvalue weighted by molar-refractivity contribution is 0.00578. The van der Waals surface area contributed by atoms with Gasteiger partial charge in [0.2, 0.25) is 0 Å². The second-order valence-corrected chi connectivity index (χ2v) is 13.7. The Bertz CT molecular complexity index is 2420. The van der Waals surface area contributed by atoms with Crippen molar-refractivity contribution in [3.8, 4) is 22.5 Å². The summed E-state index contributed by atoms with van der Waals surface area (Å²) in [5.41, 5.74) is 9.37. The first-order chi connectivity index (χ1) is 22.8. The molecule has 1 aliphatic rings. The van der Waals surface area contributed by atoms with Gasteiger partial charge < -0.3 is 18.4 Å². The number of hydrogen-bond donors (Lipinski definition) is 0. The monoisotopic (exact) mass is 610 g/mol. The summed E-state index contributed by atoms with van der Waals surface area (Å²) in [4.78, 5) is 0. The van der Waals surface area contributed by atoms with E-state index in [1.807, 2.05) is 0 Å². The normalized spacial score (nSPS) is 15.8. The molecule has 0 spiro atoms. The van der Waals surface area contributed by atoms with Crippen molar-refractivity contribution in [2.45, 2.75) is 38.9 Å². The minimum atomic E-state index is -0.468. The summed E-state index contributed by atoms with van der Waals surface area (Å²) < 4.78 is 17.9. The average molecular weight is 611 g/mol. The van der Waals surface area contributed by atoms with E-state index in [1.54, 1.807) is 0 Å². The van der Waals surface area contributed by atoms with Crippen LogP contribution in [-0.4, -0.2) is 27.5 Å². The number of para-hydroxylation sites is 3. The van der Waals surface area contributed by atoms with Gasteiger partial charge in [0, 0.05) is 32.8 Å². The Balaban J connectivity index is 1.34. The molecule has 1 saturated heterocycles. The summed E-state index contributed by atoms with van der Waals surface area (Å²) in [7, 11) is -0.468. The van der Waals surface area contributed by atoms with Gasteiger partial charge in [0.1, 0.15) is 0 Å². The molecule has 0 bridgehead atoms. The third kappa shape index (κ3) is 4.24. The van der Waals surface area contributed by atoms with Crippen molar-refractivity contribution in [1.82, 2.24) is 9.13 Å². The molecule has 0 unspecified atom stereocenters. The molecule has 6 aromatic carbocycles. The van der Waals surface area contributed by atoms with Crippen LogP contribution in [0.15, 0.2) is 140 Å². The number of rotatable bonds is 4. The highest BCUT2D eigenvalue weighted by Crippen LogP contribution is 2.40. The van der Waals surface area contributed by atoms with Crippen molar-refractivity contribution in [3.63, 3.8) is 0 Å². The molecule has 4 nitrogen and oxygen atoms in total. The Morgan fingerprint density at radius 1 is 0.468 bits per heavy atom. The van der Waals surface area contributed by atoms with Crippen LogP contribution in [0.1, 0.15) is 27.7 Å². The molecule has 0 N–H and O–H groups in total. The van der Waals surface area contributed by atoms with Crippen LogP contribution in [0.3, 0.4) is 0 Å². The first-order valence-electron chi connectivity index (χ1n) is 16.4. The van der Waals surface area contributed by atoms with Gasteiger partial charge in [-0.15, -0.1) is 0 Å². The first-order valence-corrected chi connectivity index (χ1v) is 16.4. The van der Waals surface area contributed by atoms with Crippen molar-refractivity contribution in [2.75, 3.05) is 0 Å². The SMILES string of the molecule is CC1(C)OB(c2ccc(-c3ccccc3)c(-n3c4ccccc4c4ccc(-n5c6ccccc6c6ccccc65)cc43)c2)OC1(C)C. The van der Waals surface area contributed by atoms with Gasteiger partial charge in [-0.3, -0.25) is 0 Å². The number of fused-ring (bicyclic) bond motifs is 6. The van der Waals surface area contributed by atoms with E-state index in [0.29, 0.717) is 0 Å². The molecule has 0 aliphatic carbocycles. The fraction of sp³-hybridized carbons (Fsp3) is 0.143. The van der Waals surface area contributed by atoms with Gasteiger partial charge in [-0.2, -0.15) is 0 Å². The van der Waals surface area contributed by atoms with E-state index in [2.05, 4.69) is 176 Å². The van der Waals surface area contributed by atoms with Crippen molar-refractivity contribution < 1.29 is 9.31 Å². The Kier molecular flexibility index (Phi) is 6.11. The second-order valence-electron chi connectivity index (χ2n) is 13.7. The molecule has 0 amide bonds. The Morgan fingerprint density at radius 3 is 1.57 bits per heavy atom. The predicted octanol–water partition coefficient (Wildman–Crippen LogP) is 9.85. The maximum atomic E-state index is 6.56. The third-order valence-corrected chi connectivity index (χ3v) is 10.4. The highest BCUT2D eigenvalue weighted by Gasteiger charge is 2.51. The van der Waals surface area contributed by atoms with Crippen molar-refractivity contribution in [2.24, 2.45) is 0 Å². The third-order valence-electron chi connectivity index (χ3n) is 10.4. The van der Waals surface area contributed by atoms with E-state index in [9.17, 15) is 0 Å². The maximum Gasteiger partial charge on any atom is 0.494 e. The van der Waals surface area contributed by atoms with Gasteiger partial charge in [0.15, 0.2) is 0 Å². The van der Waals surface area contributed by atoms with Crippen molar-refractivity contribution in [3.05, 3.63) is 140 Å². The molecule has 0 atom stereocenters. The molecular weight excluding hydrogens is 575 g/mol. The van der Waals surface area contributed by atoms with Crippen LogP contribution in [0.2, 0.25) is 0 Å². The lowest BCUT2D eigenvalue weighted by Crippen LogP contribution is -2.41. The molecule has 3 heterocycles. The van der Waals surface area contributed by atoms with Gasteiger partial charge in [-0.25, -0.2) is 0 Å². The van der Waals surface area contributed by atoms with E-state index in [-0.39, 0.29) is 0 Å². The van der Waals surface area contributed by atoms with Crippen molar-refractivity contribution in [1.29, 1.82) is 0 Å². The molecule has 0 saturated carbocycles. The molecule has 9 rings (SSSR count). The molecule has 47 heavy (non-hydrogen) atoms. The van der Waals surface area contributed by atoms with Gasteiger partial charge in [0.25, 0.3) is 0 Å². The fourth-order valence-electron chi connectivity index (χ4n) is 7.28. The van der Waals surface area contributed by atoms with Crippen LogP contribution < -0.4 is 5.46 Å². The van der Waals surface area contributed by atoms with Crippen LogP contribution >= 0.6 is 0 Å². The minimum Gasteiger partial charge on any atom is -0.399 e. The Morgan fingerprint density at radius 2 is 0.979 bits per heavy atom. The number of aromatic nitrogens is 2. The lowest BCUT2D eigenvalue weighted by Gasteiger charge is -2.32. The second kappa shape index (κ2) is 10.2. The molecule has 5 heteroatoms. The highest BCUT2D eigenvalue weighted by molar-refractivity contribution is 6.62. The summed E-state index contributed by atoms with van der Waals surface area (Å²) in [6.45, 7) is 8.43. The molecule has 8 aromatic rings. The van der Waals surface area contributed by atoms with Crippen LogP contribution in [-0.2, 0) is 9.31 Å². The van der Waals surface area contributed by atoms with Crippen LogP contribution in [0.5, 0.6) is 0 Å². The Hall–Kier alpha value is -5.10. The molecular formula is C42H35BN2O2. The number of hydrogen-bond acceptors (Lipinski definition) is 2. The zero-order valence-corrected chi connectivity index (χ0v) is 27.1. The zero-order chi connectivity index (χ0) is 31.9.